The van der Waals surface area contributed by atoms with Gasteiger partial charge in [0.05, 0.1) is 11.1 Å². The number of carbonyl (C=O) groups excluding carboxylic acids is 1. The van der Waals surface area contributed by atoms with Crippen molar-refractivity contribution in [1.82, 2.24) is 10.2 Å². The van der Waals surface area contributed by atoms with Gasteiger partial charge in [0.1, 0.15) is 10.8 Å². The van der Waals surface area contributed by atoms with Crippen molar-refractivity contribution in [1.29, 1.82) is 0 Å². The van der Waals surface area contributed by atoms with Crippen LogP contribution in [0.3, 0.4) is 0 Å². The summed E-state index contributed by atoms with van der Waals surface area (Å²) >= 11 is 4.95. The van der Waals surface area contributed by atoms with Crippen LogP contribution in [0, 0.1) is 0 Å². The van der Waals surface area contributed by atoms with Gasteiger partial charge in [-0.2, -0.15) is 0 Å². The summed E-state index contributed by atoms with van der Waals surface area (Å²) in [6, 6.07) is 6.07. The van der Waals surface area contributed by atoms with E-state index < -0.39 is 0 Å². The van der Waals surface area contributed by atoms with Gasteiger partial charge in [0.2, 0.25) is 11.0 Å². The topological polar surface area (TPSA) is 64.1 Å². The SMILES string of the molecule is CCCc1nnc(NC(=O)CCCOc2ccc(CC)cc2Br)s1. The maximum Gasteiger partial charge on any atom is 0.226 e. The normalized spacial score (nSPS) is 10.6. The fourth-order valence-corrected chi connectivity index (χ4v) is 3.50. The molecule has 1 N–H and O–H groups in total. The van der Waals surface area contributed by atoms with Crippen molar-refractivity contribution in [2.24, 2.45) is 0 Å². The number of nitrogens with one attached hydrogen (secondary N) is 1. The van der Waals surface area contributed by atoms with E-state index in [0.29, 0.717) is 24.6 Å². The lowest BCUT2D eigenvalue weighted by atomic mass is 10.2. The second-order valence-electron chi connectivity index (χ2n) is 5.37. The van der Waals surface area contributed by atoms with Crippen LogP contribution < -0.4 is 10.1 Å². The van der Waals surface area contributed by atoms with Gasteiger partial charge in [-0.15, -0.1) is 10.2 Å². The average molecular weight is 412 g/mol. The van der Waals surface area contributed by atoms with Crippen LogP contribution in [0.2, 0.25) is 0 Å². The first-order chi connectivity index (χ1) is 11.6. The third-order valence-corrected chi connectivity index (χ3v) is 4.91. The standard InChI is InChI=1S/C17H22BrN3O2S/c1-3-6-16-20-21-17(24-16)19-15(22)7-5-10-23-14-9-8-12(4-2)11-13(14)18/h8-9,11H,3-7,10H2,1-2H3,(H,19,21,22). The summed E-state index contributed by atoms with van der Waals surface area (Å²) in [7, 11) is 0. The summed E-state index contributed by atoms with van der Waals surface area (Å²) < 4.78 is 6.67. The highest BCUT2D eigenvalue weighted by molar-refractivity contribution is 9.10. The van der Waals surface area contributed by atoms with E-state index in [1.54, 1.807) is 0 Å². The largest absolute Gasteiger partial charge is 0.492 e. The number of hydrogen-bond acceptors (Lipinski definition) is 5. The number of halogens is 1. The van der Waals surface area contributed by atoms with Crippen LogP contribution in [-0.4, -0.2) is 22.7 Å². The number of aromatic nitrogens is 2. The van der Waals surface area contributed by atoms with Gasteiger partial charge in [-0.3, -0.25) is 4.79 Å². The Balaban J connectivity index is 1.70. The molecule has 0 bridgehead atoms. The van der Waals surface area contributed by atoms with Crippen LogP contribution in [0.4, 0.5) is 5.13 Å². The molecule has 130 valence electrons. The lowest BCUT2D eigenvalue weighted by molar-refractivity contribution is -0.116. The third kappa shape index (κ3) is 5.87. The highest BCUT2D eigenvalue weighted by Gasteiger charge is 2.08. The molecule has 1 aromatic heterocycles. The van der Waals surface area contributed by atoms with Crippen LogP contribution in [0.25, 0.3) is 0 Å². The lowest BCUT2D eigenvalue weighted by Gasteiger charge is -2.09. The minimum absolute atomic E-state index is 0.0572. The summed E-state index contributed by atoms with van der Waals surface area (Å²) in [6.45, 7) is 4.70. The summed E-state index contributed by atoms with van der Waals surface area (Å²) in [4.78, 5) is 11.9. The monoisotopic (exact) mass is 411 g/mol. The van der Waals surface area contributed by atoms with Gasteiger partial charge >= 0.3 is 0 Å². The first-order valence-corrected chi connectivity index (χ1v) is 9.76. The molecule has 0 saturated heterocycles. The zero-order valence-corrected chi connectivity index (χ0v) is 16.4. The first-order valence-electron chi connectivity index (χ1n) is 8.15. The predicted molar refractivity (Wildman–Crippen MR) is 101 cm³/mol. The fraction of sp³-hybridized carbons (Fsp3) is 0.471. The highest BCUT2D eigenvalue weighted by atomic mass is 79.9. The molecule has 0 aliphatic rings. The van der Waals surface area contributed by atoms with Crippen LogP contribution >= 0.6 is 27.3 Å². The van der Waals surface area contributed by atoms with Gasteiger partial charge in [-0.25, -0.2) is 0 Å². The number of benzene rings is 1. The van der Waals surface area contributed by atoms with Crippen LogP contribution in [0.1, 0.15) is 43.7 Å². The predicted octanol–water partition coefficient (Wildman–Crippen LogP) is 4.61. The summed E-state index contributed by atoms with van der Waals surface area (Å²) in [5, 5.41) is 12.3. The van der Waals surface area contributed by atoms with E-state index in [2.05, 4.69) is 57.4 Å². The Labute approximate surface area is 155 Å². The van der Waals surface area contributed by atoms with Crippen LogP contribution in [0.5, 0.6) is 5.75 Å². The lowest BCUT2D eigenvalue weighted by Crippen LogP contribution is -2.12. The number of carbonyl (C=O) groups is 1. The van der Waals surface area contributed by atoms with Crippen molar-refractivity contribution in [3.8, 4) is 5.75 Å². The molecule has 5 nitrogen and oxygen atoms in total. The molecular weight excluding hydrogens is 390 g/mol. The van der Waals surface area contributed by atoms with Crippen LogP contribution in [-0.2, 0) is 17.6 Å². The van der Waals surface area contributed by atoms with E-state index in [0.717, 1.165) is 34.5 Å². The van der Waals surface area contributed by atoms with E-state index >= 15 is 0 Å². The maximum atomic E-state index is 11.9. The van der Waals surface area contributed by atoms with Gasteiger partial charge in [-0.1, -0.05) is 31.3 Å². The number of rotatable bonds is 9. The first kappa shape index (κ1) is 18.9. The van der Waals surface area contributed by atoms with Crippen molar-refractivity contribution in [3.63, 3.8) is 0 Å². The minimum atomic E-state index is -0.0572. The van der Waals surface area contributed by atoms with Gasteiger partial charge in [0.15, 0.2) is 0 Å². The Kier molecular flexibility index (Phi) is 7.65. The van der Waals surface area contributed by atoms with E-state index in [4.69, 9.17) is 4.74 Å². The van der Waals surface area contributed by atoms with E-state index in [1.807, 2.05) is 6.07 Å². The Hall–Kier alpha value is -1.47. The number of aryl methyl sites for hydroxylation is 2. The third-order valence-electron chi connectivity index (χ3n) is 3.39. The molecule has 0 aliphatic heterocycles. The van der Waals surface area contributed by atoms with E-state index in [-0.39, 0.29) is 5.91 Å². The molecule has 0 spiro atoms. The summed E-state index contributed by atoms with van der Waals surface area (Å²) in [6.07, 6.45) is 3.95. The van der Waals surface area contributed by atoms with Gasteiger partial charge in [0.25, 0.3) is 0 Å². The van der Waals surface area contributed by atoms with Gasteiger partial charge < -0.3 is 10.1 Å². The molecule has 0 aliphatic carbocycles. The number of ether oxygens (including phenoxy) is 1. The Morgan fingerprint density at radius 3 is 2.88 bits per heavy atom. The molecule has 0 unspecified atom stereocenters. The molecule has 1 aromatic carbocycles. The van der Waals surface area contributed by atoms with Gasteiger partial charge in [0, 0.05) is 12.8 Å². The van der Waals surface area contributed by atoms with Crippen molar-refractivity contribution in [2.75, 3.05) is 11.9 Å². The summed E-state index contributed by atoms with van der Waals surface area (Å²) in [5.41, 5.74) is 1.26. The van der Waals surface area contributed by atoms with Gasteiger partial charge in [-0.05, 0) is 52.9 Å². The van der Waals surface area contributed by atoms with E-state index in [1.165, 1.54) is 16.9 Å². The Morgan fingerprint density at radius 2 is 2.17 bits per heavy atom. The molecule has 2 aromatic rings. The van der Waals surface area contributed by atoms with Crippen LogP contribution in [0.15, 0.2) is 22.7 Å². The smallest absolute Gasteiger partial charge is 0.226 e. The molecular formula is C17H22BrN3O2S. The molecule has 0 saturated carbocycles. The average Bonchev–Trinajstić information content (AvgIpc) is 3.00. The fourth-order valence-electron chi connectivity index (χ4n) is 2.10. The zero-order valence-electron chi connectivity index (χ0n) is 14.0. The second kappa shape index (κ2) is 9.74. The summed E-state index contributed by atoms with van der Waals surface area (Å²) in [5.74, 6) is 0.749. The molecule has 2 rings (SSSR count). The zero-order chi connectivity index (χ0) is 17.4. The Bertz CT molecular complexity index is 676. The highest BCUT2D eigenvalue weighted by Crippen LogP contribution is 2.26. The number of anilines is 1. The molecule has 0 atom stereocenters. The molecule has 7 heteroatoms. The second-order valence-corrected chi connectivity index (χ2v) is 7.29. The van der Waals surface area contributed by atoms with E-state index in [9.17, 15) is 4.79 Å². The van der Waals surface area contributed by atoms with Crippen molar-refractivity contribution < 1.29 is 9.53 Å². The van der Waals surface area contributed by atoms with Crippen molar-refractivity contribution in [2.45, 2.75) is 46.0 Å². The number of nitrogens with zero attached hydrogens (tertiary/aromatic N) is 2. The number of hydrogen-bond donors (Lipinski definition) is 1. The molecule has 24 heavy (non-hydrogen) atoms. The molecule has 1 heterocycles. The Morgan fingerprint density at radius 1 is 1.33 bits per heavy atom. The maximum absolute atomic E-state index is 11.9. The quantitative estimate of drug-likeness (QED) is 0.611. The van der Waals surface area contributed by atoms with Crippen molar-refractivity contribution in [3.05, 3.63) is 33.2 Å². The number of amides is 1. The molecule has 0 radical (unpaired) electrons. The molecule has 1 amide bonds. The minimum Gasteiger partial charge on any atom is -0.492 e. The molecule has 0 fully saturated rings. The van der Waals surface area contributed by atoms with Crippen molar-refractivity contribution >= 4 is 38.3 Å².